The van der Waals surface area contributed by atoms with Gasteiger partial charge in [0.05, 0.1) is 33.8 Å². The van der Waals surface area contributed by atoms with Crippen molar-refractivity contribution in [1.82, 2.24) is 5.32 Å². The molecule has 2 N–H and O–H groups in total. The van der Waals surface area contributed by atoms with Gasteiger partial charge in [0.1, 0.15) is 19.3 Å². The van der Waals surface area contributed by atoms with Crippen molar-refractivity contribution >= 4 is 19.7 Å². The highest BCUT2D eigenvalue weighted by Crippen LogP contribution is 2.43. The zero-order valence-electron chi connectivity index (χ0n) is 44.4. The highest BCUT2D eigenvalue weighted by molar-refractivity contribution is 7.47. The van der Waals surface area contributed by atoms with Gasteiger partial charge in [-0.1, -0.05) is 197 Å². The van der Waals surface area contributed by atoms with Crippen LogP contribution in [0.25, 0.3) is 0 Å². The number of esters is 1. The molecule has 390 valence electrons. The summed E-state index contributed by atoms with van der Waals surface area (Å²) in [6.07, 6.45) is 57.8. The van der Waals surface area contributed by atoms with Gasteiger partial charge in [-0.3, -0.25) is 18.6 Å². The van der Waals surface area contributed by atoms with Crippen LogP contribution in [0.15, 0.2) is 60.8 Å². The molecule has 0 rings (SSSR count). The minimum atomic E-state index is -4.45. The van der Waals surface area contributed by atoms with E-state index in [0.29, 0.717) is 23.9 Å². The summed E-state index contributed by atoms with van der Waals surface area (Å²) in [5.41, 5.74) is 0. The monoisotopic (exact) mass is 962 g/mol. The lowest BCUT2D eigenvalue weighted by Gasteiger charge is -2.27. The van der Waals surface area contributed by atoms with Crippen LogP contribution in [0.3, 0.4) is 0 Å². The maximum atomic E-state index is 13.5. The largest absolute Gasteiger partial charge is 0.472 e. The molecule has 10 heteroatoms. The lowest BCUT2D eigenvalue weighted by Crippen LogP contribution is -2.47. The predicted molar refractivity (Wildman–Crippen MR) is 286 cm³/mol. The second-order valence-corrected chi connectivity index (χ2v) is 21.2. The average Bonchev–Trinajstić information content (AvgIpc) is 3.28. The topological polar surface area (TPSA) is 111 Å². The van der Waals surface area contributed by atoms with E-state index in [1.54, 1.807) is 0 Å². The summed E-state index contributed by atoms with van der Waals surface area (Å²) in [5, 5.41) is 3.03. The first-order chi connectivity index (χ1) is 32.4. The maximum absolute atomic E-state index is 13.5. The standard InChI is InChI=1S/C57H105N2O7P/c1-7-10-13-16-19-22-25-28-29-30-32-34-37-40-43-46-49-56(60)58-54(53-65-67(62,63)64-52-51-59(4,5)6)55(48-45-42-39-36-33-27-24-21-18-15-12-9-3)66-57(61)50-47-44-41-38-35-31-26-23-20-17-14-11-8-2/h10,13,19,22,28-29,31,35,45,48,54-55H,7-9,11-12,14-18,20-21,23-27,30,32-34,36-44,46-47,49-53H2,1-6H3,(H-,58,60,62,63)/p+1/b13-10+,22-19+,29-28+,35-31-,48-45+. The molecule has 67 heavy (non-hydrogen) atoms. The lowest BCUT2D eigenvalue weighted by molar-refractivity contribution is -0.870. The van der Waals surface area contributed by atoms with Crippen molar-refractivity contribution < 1.29 is 37.3 Å². The Bertz CT molecular complexity index is 1340. The fourth-order valence-electron chi connectivity index (χ4n) is 7.65. The number of allylic oxidation sites excluding steroid dienone is 9. The summed E-state index contributed by atoms with van der Waals surface area (Å²) in [4.78, 5) is 37.5. The van der Waals surface area contributed by atoms with Crippen LogP contribution in [0.1, 0.15) is 239 Å². The smallest absolute Gasteiger partial charge is 0.456 e. The third-order valence-corrected chi connectivity index (χ3v) is 12.9. The third kappa shape index (κ3) is 48.5. The van der Waals surface area contributed by atoms with E-state index in [0.717, 1.165) is 96.3 Å². The number of nitrogens with one attached hydrogen (secondary N) is 1. The molecule has 0 aromatic rings. The molecule has 0 fully saturated rings. The van der Waals surface area contributed by atoms with Crippen LogP contribution in [0, 0.1) is 0 Å². The number of unbranched alkanes of at least 4 members (excludes halogenated alkanes) is 25. The Labute approximate surface area is 413 Å². The molecule has 0 aliphatic carbocycles. The second-order valence-electron chi connectivity index (χ2n) is 19.7. The van der Waals surface area contributed by atoms with Crippen molar-refractivity contribution in [3.8, 4) is 0 Å². The first kappa shape index (κ1) is 64.7. The van der Waals surface area contributed by atoms with E-state index in [9.17, 15) is 19.0 Å². The Morgan fingerprint density at radius 3 is 1.46 bits per heavy atom. The number of phosphoric acid groups is 1. The van der Waals surface area contributed by atoms with Gasteiger partial charge in [-0.15, -0.1) is 0 Å². The molecule has 0 aliphatic heterocycles. The van der Waals surface area contributed by atoms with Gasteiger partial charge in [-0.25, -0.2) is 4.57 Å². The number of likely N-dealkylation sites (N-methyl/N-ethyl adjacent to an activating group) is 1. The molecule has 1 amide bonds. The maximum Gasteiger partial charge on any atom is 0.472 e. The number of hydrogen-bond donors (Lipinski definition) is 2. The summed E-state index contributed by atoms with van der Waals surface area (Å²) in [7, 11) is 1.47. The van der Waals surface area contributed by atoms with Crippen LogP contribution in [0.2, 0.25) is 0 Å². The number of amides is 1. The summed E-state index contributed by atoms with van der Waals surface area (Å²) < 4.78 is 30.5. The van der Waals surface area contributed by atoms with Crippen molar-refractivity contribution in [2.24, 2.45) is 0 Å². The van der Waals surface area contributed by atoms with E-state index in [4.69, 9.17) is 13.8 Å². The predicted octanol–water partition coefficient (Wildman–Crippen LogP) is 16.3. The molecule has 0 radical (unpaired) electrons. The fraction of sp³-hybridized carbons (Fsp3) is 0.789. The van der Waals surface area contributed by atoms with Gasteiger partial charge >= 0.3 is 13.8 Å². The molecular weight excluding hydrogens is 856 g/mol. The minimum absolute atomic E-state index is 0.0338. The van der Waals surface area contributed by atoms with Crippen LogP contribution in [0.5, 0.6) is 0 Å². The highest BCUT2D eigenvalue weighted by atomic mass is 31.2. The summed E-state index contributed by atoms with van der Waals surface area (Å²) in [6, 6.07) is -0.860. The van der Waals surface area contributed by atoms with Crippen molar-refractivity contribution in [1.29, 1.82) is 0 Å². The van der Waals surface area contributed by atoms with Crippen molar-refractivity contribution in [2.75, 3.05) is 40.9 Å². The van der Waals surface area contributed by atoms with Crippen LogP contribution in [-0.2, 0) is 27.9 Å². The van der Waals surface area contributed by atoms with Crippen molar-refractivity contribution in [2.45, 2.75) is 251 Å². The number of ether oxygens (including phenoxy) is 1. The molecule has 9 nitrogen and oxygen atoms in total. The van der Waals surface area contributed by atoms with Crippen molar-refractivity contribution in [3.63, 3.8) is 0 Å². The molecular formula is C57H106N2O7P+. The van der Waals surface area contributed by atoms with Gasteiger partial charge in [-0.2, -0.15) is 0 Å². The zero-order valence-corrected chi connectivity index (χ0v) is 45.3. The number of phosphoric ester groups is 1. The number of nitrogens with zero attached hydrogens (tertiary/aromatic N) is 1. The molecule has 0 aromatic heterocycles. The lowest BCUT2D eigenvalue weighted by atomic mass is 10.0. The number of carbonyl (C=O) groups is 2. The van der Waals surface area contributed by atoms with Crippen LogP contribution in [0.4, 0.5) is 0 Å². The highest BCUT2D eigenvalue weighted by Gasteiger charge is 2.30. The molecule has 0 bridgehead atoms. The second kappa shape index (κ2) is 47.4. The van der Waals surface area contributed by atoms with Gasteiger partial charge in [0, 0.05) is 12.8 Å². The first-order valence-corrected chi connectivity index (χ1v) is 29.1. The number of carbonyl (C=O) groups excluding carboxylic acids is 2. The first-order valence-electron chi connectivity index (χ1n) is 27.6. The SMILES string of the molecule is CC/C=C/C/C=C/C/C=C/CCCCCCCCC(=O)NC(COP(=O)(O)OCC[N+](C)(C)C)C(/C=C/CCCCCCCCCCCC)OC(=O)CCCCC/C=C\CCCCCCCC. The van der Waals surface area contributed by atoms with Crippen LogP contribution >= 0.6 is 7.82 Å². The Morgan fingerprint density at radius 2 is 0.955 bits per heavy atom. The number of hydrogen-bond acceptors (Lipinski definition) is 6. The average molecular weight is 962 g/mol. The number of rotatable bonds is 49. The van der Waals surface area contributed by atoms with Gasteiger partial charge in [0.15, 0.2) is 0 Å². The van der Waals surface area contributed by atoms with E-state index >= 15 is 0 Å². The normalized spacial score (nSPS) is 14.3. The number of quaternary nitrogens is 1. The van der Waals surface area contributed by atoms with Crippen LogP contribution in [-0.4, -0.2) is 74.3 Å². The van der Waals surface area contributed by atoms with E-state index < -0.39 is 20.0 Å². The van der Waals surface area contributed by atoms with Crippen LogP contribution < -0.4 is 5.32 Å². The van der Waals surface area contributed by atoms with E-state index in [1.165, 1.54) is 103 Å². The van der Waals surface area contributed by atoms with E-state index in [1.807, 2.05) is 33.3 Å². The van der Waals surface area contributed by atoms with E-state index in [-0.39, 0.29) is 31.5 Å². The van der Waals surface area contributed by atoms with Gasteiger partial charge in [0.2, 0.25) is 5.91 Å². The van der Waals surface area contributed by atoms with Gasteiger partial charge in [0.25, 0.3) is 0 Å². The Hall–Kier alpha value is -2.29. The van der Waals surface area contributed by atoms with Gasteiger partial charge < -0.3 is 19.4 Å². The molecule has 3 atom stereocenters. The Balaban J connectivity index is 5.42. The minimum Gasteiger partial charge on any atom is -0.456 e. The summed E-state index contributed by atoms with van der Waals surface area (Å²) in [6.45, 7) is 6.86. The fourth-order valence-corrected chi connectivity index (χ4v) is 8.39. The van der Waals surface area contributed by atoms with Gasteiger partial charge in [-0.05, 0) is 89.5 Å². The quantitative estimate of drug-likeness (QED) is 0.0205. The molecule has 3 unspecified atom stereocenters. The third-order valence-electron chi connectivity index (χ3n) is 11.9. The zero-order chi connectivity index (χ0) is 49.4. The molecule has 0 saturated heterocycles. The summed E-state index contributed by atoms with van der Waals surface area (Å²) in [5.74, 6) is -0.540. The van der Waals surface area contributed by atoms with E-state index in [2.05, 4.69) is 74.7 Å². The summed E-state index contributed by atoms with van der Waals surface area (Å²) >= 11 is 0. The molecule has 0 heterocycles. The molecule has 0 aliphatic rings. The molecule has 0 aromatic carbocycles. The van der Waals surface area contributed by atoms with Crippen molar-refractivity contribution in [3.05, 3.63) is 60.8 Å². The Morgan fingerprint density at radius 1 is 0.537 bits per heavy atom. The molecule has 0 saturated carbocycles. The molecule has 0 spiro atoms. The Kier molecular flexibility index (Phi) is 45.8.